The van der Waals surface area contributed by atoms with Gasteiger partial charge in [-0.05, 0) is 36.4 Å². The van der Waals surface area contributed by atoms with Gasteiger partial charge in [-0.1, -0.05) is 50.7 Å². The lowest BCUT2D eigenvalue weighted by Gasteiger charge is -2.11. The first kappa shape index (κ1) is 19.5. The minimum Gasteiger partial charge on any atom is -0.496 e. The molecule has 0 radical (unpaired) electrons. The Labute approximate surface area is 184 Å². The molecule has 0 spiro atoms. The lowest BCUT2D eigenvalue weighted by molar-refractivity contribution is 0.408. The number of imidazole rings is 1. The van der Waals surface area contributed by atoms with Crippen molar-refractivity contribution in [3.63, 3.8) is 0 Å². The minimum absolute atomic E-state index is 0.260. The molecular weight excluding hydrogens is 486 g/mol. The number of fused-ring (bicyclic) bond motifs is 1. The maximum atomic E-state index is 6.37. The molecule has 0 saturated carbocycles. The molecule has 0 N–H and O–H groups in total. The number of halogens is 4. The van der Waals surface area contributed by atoms with Crippen molar-refractivity contribution in [1.82, 2.24) is 19.5 Å². The van der Waals surface area contributed by atoms with Crippen LogP contribution in [0.3, 0.4) is 0 Å². The maximum Gasteiger partial charge on any atom is 0.165 e. The van der Waals surface area contributed by atoms with Crippen LogP contribution in [0.5, 0.6) is 5.75 Å². The van der Waals surface area contributed by atoms with Gasteiger partial charge in [0.15, 0.2) is 16.6 Å². The molecular formula is C19H12BrCl3N4O. The Bertz CT molecular complexity index is 1200. The lowest BCUT2D eigenvalue weighted by Crippen LogP contribution is -2.03. The van der Waals surface area contributed by atoms with Gasteiger partial charge in [0.2, 0.25) is 0 Å². The monoisotopic (exact) mass is 496 g/mol. The molecule has 0 aliphatic heterocycles. The Morgan fingerprint density at radius 2 is 1.89 bits per heavy atom. The van der Waals surface area contributed by atoms with E-state index in [0.717, 1.165) is 15.8 Å². The van der Waals surface area contributed by atoms with Crippen molar-refractivity contribution in [3.05, 3.63) is 68.0 Å². The van der Waals surface area contributed by atoms with Gasteiger partial charge in [-0.25, -0.2) is 15.0 Å². The molecule has 4 aromatic rings. The van der Waals surface area contributed by atoms with Gasteiger partial charge in [0.05, 0.1) is 25.0 Å². The molecule has 9 heteroatoms. The molecule has 0 bridgehead atoms. The van der Waals surface area contributed by atoms with Crippen molar-refractivity contribution in [2.24, 2.45) is 0 Å². The third-order valence-corrected chi connectivity index (χ3v) is 5.48. The van der Waals surface area contributed by atoms with Crippen molar-refractivity contribution < 1.29 is 4.74 Å². The summed E-state index contributed by atoms with van der Waals surface area (Å²) < 4.78 is 8.17. The van der Waals surface area contributed by atoms with Crippen LogP contribution in [0.2, 0.25) is 15.2 Å². The van der Waals surface area contributed by atoms with E-state index in [-0.39, 0.29) is 5.15 Å². The molecule has 0 fully saturated rings. The quantitative estimate of drug-likeness (QED) is 0.311. The maximum absolute atomic E-state index is 6.37. The molecule has 5 nitrogen and oxygen atoms in total. The second-order valence-electron chi connectivity index (χ2n) is 5.96. The fourth-order valence-electron chi connectivity index (χ4n) is 2.87. The summed E-state index contributed by atoms with van der Waals surface area (Å²) in [6, 6.07) is 10.9. The normalized spacial score (nSPS) is 11.2. The summed E-state index contributed by atoms with van der Waals surface area (Å²) in [5.41, 5.74) is 2.68. The van der Waals surface area contributed by atoms with Crippen molar-refractivity contribution in [1.29, 1.82) is 0 Å². The highest BCUT2D eigenvalue weighted by Crippen LogP contribution is 2.31. The predicted molar refractivity (Wildman–Crippen MR) is 116 cm³/mol. The van der Waals surface area contributed by atoms with Crippen LogP contribution in [0.4, 0.5) is 0 Å². The number of hydrogen-bond acceptors (Lipinski definition) is 4. The van der Waals surface area contributed by atoms with Crippen LogP contribution in [0.25, 0.3) is 22.6 Å². The highest BCUT2D eigenvalue weighted by atomic mass is 79.9. The molecule has 0 saturated heterocycles. The van der Waals surface area contributed by atoms with Gasteiger partial charge in [0, 0.05) is 20.6 Å². The molecule has 0 amide bonds. The summed E-state index contributed by atoms with van der Waals surface area (Å²) in [7, 11) is 1.62. The minimum atomic E-state index is 0.260. The molecule has 0 aliphatic carbocycles. The van der Waals surface area contributed by atoms with E-state index >= 15 is 0 Å². The fraction of sp³-hybridized carbons (Fsp3) is 0.105. The molecule has 0 unspecified atom stereocenters. The smallest absolute Gasteiger partial charge is 0.165 e. The summed E-state index contributed by atoms with van der Waals surface area (Å²) >= 11 is 22.3. The van der Waals surface area contributed by atoms with Crippen molar-refractivity contribution in [3.8, 4) is 17.1 Å². The number of rotatable bonds is 4. The van der Waals surface area contributed by atoms with Crippen LogP contribution < -0.4 is 4.74 Å². The molecule has 2 aromatic carbocycles. The van der Waals surface area contributed by atoms with Gasteiger partial charge in [-0.3, -0.25) is 0 Å². The Morgan fingerprint density at radius 1 is 1.07 bits per heavy atom. The first-order valence-electron chi connectivity index (χ1n) is 8.12. The van der Waals surface area contributed by atoms with Crippen molar-refractivity contribution >= 4 is 61.9 Å². The van der Waals surface area contributed by atoms with Crippen LogP contribution in [0, 0.1) is 0 Å². The second kappa shape index (κ2) is 7.87. The first-order chi connectivity index (χ1) is 13.5. The first-order valence-corrected chi connectivity index (χ1v) is 10.0. The average Bonchev–Trinajstić information content (AvgIpc) is 3.05. The molecule has 4 rings (SSSR count). The Balaban J connectivity index is 1.83. The van der Waals surface area contributed by atoms with Gasteiger partial charge in [-0.15, -0.1) is 0 Å². The second-order valence-corrected chi connectivity index (χ2v) is 8.08. The van der Waals surface area contributed by atoms with Gasteiger partial charge in [-0.2, -0.15) is 0 Å². The topological polar surface area (TPSA) is 52.8 Å². The lowest BCUT2D eigenvalue weighted by atomic mass is 10.2. The molecule has 2 aromatic heterocycles. The Morgan fingerprint density at radius 3 is 2.64 bits per heavy atom. The zero-order valence-corrected chi connectivity index (χ0v) is 18.3. The molecule has 142 valence electrons. The van der Waals surface area contributed by atoms with E-state index in [1.54, 1.807) is 25.6 Å². The number of nitrogens with zero attached hydrogens (tertiary/aromatic N) is 4. The number of ether oxygens (including phenoxy) is 1. The van der Waals surface area contributed by atoms with Crippen molar-refractivity contribution in [2.45, 2.75) is 6.54 Å². The third kappa shape index (κ3) is 3.70. The summed E-state index contributed by atoms with van der Waals surface area (Å²) in [4.78, 5) is 13.4. The van der Waals surface area contributed by atoms with Crippen LogP contribution in [0.15, 0.2) is 47.2 Å². The van der Waals surface area contributed by atoms with Gasteiger partial charge >= 0.3 is 0 Å². The zero-order valence-electron chi connectivity index (χ0n) is 14.5. The molecule has 2 heterocycles. The van der Waals surface area contributed by atoms with E-state index in [2.05, 4.69) is 30.9 Å². The largest absolute Gasteiger partial charge is 0.496 e. The standard InChI is InChI=1S/C19H12BrCl3N4O/c1-28-15-5-3-12(21)6-10(15)8-27-9-24-16-17(23)25-18(26-19(16)27)13-4-2-11(20)7-14(13)22/h2-7,9H,8H2,1H3. The predicted octanol–water partition coefficient (Wildman–Crippen LogP) is 6.27. The number of benzene rings is 2. The van der Waals surface area contributed by atoms with E-state index in [9.17, 15) is 0 Å². The van der Waals surface area contributed by atoms with Crippen molar-refractivity contribution in [2.75, 3.05) is 7.11 Å². The third-order valence-electron chi connectivity index (χ3n) is 4.18. The van der Waals surface area contributed by atoms with Gasteiger partial charge in [0.25, 0.3) is 0 Å². The summed E-state index contributed by atoms with van der Waals surface area (Å²) in [5, 5.41) is 1.40. The van der Waals surface area contributed by atoms with E-state index in [1.807, 2.05) is 28.8 Å². The van der Waals surface area contributed by atoms with Crippen LogP contribution >= 0.6 is 50.7 Å². The highest BCUT2D eigenvalue weighted by Gasteiger charge is 2.16. The molecule has 28 heavy (non-hydrogen) atoms. The summed E-state index contributed by atoms with van der Waals surface area (Å²) in [6.07, 6.45) is 1.67. The number of aromatic nitrogens is 4. The highest BCUT2D eigenvalue weighted by molar-refractivity contribution is 9.10. The van der Waals surface area contributed by atoms with Crippen LogP contribution in [-0.2, 0) is 6.54 Å². The van der Waals surface area contributed by atoms with Gasteiger partial charge in [0.1, 0.15) is 11.3 Å². The molecule has 0 atom stereocenters. The SMILES string of the molecule is COc1ccc(Cl)cc1Cn1cnc2c(Cl)nc(-c3ccc(Br)cc3Cl)nc21. The van der Waals surface area contributed by atoms with Crippen LogP contribution in [-0.4, -0.2) is 26.6 Å². The van der Waals surface area contributed by atoms with E-state index in [0.29, 0.717) is 39.1 Å². The average molecular weight is 499 g/mol. The van der Waals surface area contributed by atoms with Crippen LogP contribution in [0.1, 0.15) is 5.56 Å². The van der Waals surface area contributed by atoms with E-state index in [1.165, 1.54) is 0 Å². The van der Waals surface area contributed by atoms with E-state index in [4.69, 9.17) is 39.5 Å². The Kier molecular flexibility index (Phi) is 5.47. The summed E-state index contributed by atoms with van der Waals surface area (Å²) in [5.74, 6) is 1.15. The zero-order chi connectivity index (χ0) is 19.8. The van der Waals surface area contributed by atoms with Gasteiger partial charge < -0.3 is 9.30 Å². The number of methoxy groups -OCH3 is 1. The summed E-state index contributed by atoms with van der Waals surface area (Å²) in [6.45, 7) is 0.459. The Hall–Kier alpha value is -1.86. The van der Waals surface area contributed by atoms with E-state index < -0.39 is 0 Å². The fourth-order valence-corrected chi connectivity index (χ4v) is 4.04. The molecule has 0 aliphatic rings. The number of hydrogen-bond donors (Lipinski definition) is 0.